The number of nitrogens with two attached hydrogens (primary N) is 1. The second-order valence-electron chi connectivity index (χ2n) is 6.15. The highest BCUT2D eigenvalue weighted by molar-refractivity contribution is 5.92. The van der Waals surface area contributed by atoms with Crippen LogP contribution in [0.25, 0.3) is 0 Å². The van der Waals surface area contributed by atoms with Gasteiger partial charge in [-0.05, 0) is 31.0 Å². The zero-order valence-electron chi connectivity index (χ0n) is 14.2. The number of aromatic nitrogens is 2. The summed E-state index contributed by atoms with van der Waals surface area (Å²) in [4.78, 5) is 20.9. The molecule has 2 unspecified atom stereocenters. The van der Waals surface area contributed by atoms with Crippen LogP contribution in [0.5, 0.6) is 5.75 Å². The van der Waals surface area contributed by atoms with E-state index in [1.54, 1.807) is 19.4 Å². The van der Waals surface area contributed by atoms with Crippen molar-refractivity contribution in [2.24, 2.45) is 5.73 Å². The largest absolute Gasteiger partial charge is 0.497 e. The topological polar surface area (TPSA) is 102 Å². The number of ether oxygens (including phenoxy) is 1. The fourth-order valence-electron chi connectivity index (χ4n) is 2.96. The van der Waals surface area contributed by atoms with Crippen LogP contribution in [0.2, 0.25) is 0 Å². The first-order valence-corrected chi connectivity index (χ1v) is 8.46. The summed E-state index contributed by atoms with van der Waals surface area (Å²) in [5.74, 6) is 0.859. The molecule has 1 aromatic carbocycles. The minimum absolute atomic E-state index is 0.00556. The van der Waals surface area contributed by atoms with E-state index in [4.69, 9.17) is 10.5 Å². The summed E-state index contributed by atoms with van der Waals surface area (Å²) in [6.07, 6.45) is 5.62. The quantitative estimate of drug-likeness (QED) is 0.771. The fourth-order valence-corrected chi connectivity index (χ4v) is 2.96. The van der Waals surface area contributed by atoms with Crippen molar-refractivity contribution in [1.82, 2.24) is 15.3 Å². The maximum absolute atomic E-state index is 12.5. The molecule has 1 aromatic heterocycles. The van der Waals surface area contributed by atoms with Crippen molar-refractivity contribution in [2.75, 3.05) is 12.4 Å². The number of benzene rings is 1. The average Bonchev–Trinajstić information content (AvgIpc) is 2.64. The molecule has 132 valence electrons. The molecule has 2 atom stereocenters. The molecule has 25 heavy (non-hydrogen) atoms. The van der Waals surface area contributed by atoms with E-state index >= 15 is 0 Å². The lowest BCUT2D eigenvalue weighted by Gasteiger charge is -2.29. The van der Waals surface area contributed by atoms with Crippen LogP contribution < -0.4 is 21.1 Å². The van der Waals surface area contributed by atoms with Gasteiger partial charge in [-0.25, -0.2) is 9.97 Å². The van der Waals surface area contributed by atoms with E-state index in [1.807, 2.05) is 24.3 Å². The van der Waals surface area contributed by atoms with Crippen molar-refractivity contribution < 1.29 is 9.53 Å². The minimum atomic E-state index is -0.224. The Morgan fingerprint density at radius 1 is 1.28 bits per heavy atom. The van der Waals surface area contributed by atoms with Gasteiger partial charge in [-0.15, -0.1) is 0 Å². The maximum Gasteiger partial charge on any atom is 0.270 e. The van der Waals surface area contributed by atoms with Crippen molar-refractivity contribution in [3.63, 3.8) is 0 Å². The van der Waals surface area contributed by atoms with Crippen molar-refractivity contribution in [2.45, 2.75) is 37.8 Å². The van der Waals surface area contributed by atoms with E-state index in [0.29, 0.717) is 11.6 Å². The summed E-state index contributed by atoms with van der Waals surface area (Å²) in [5.41, 5.74) is 7.19. The van der Waals surface area contributed by atoms with E-state index in [1.165, 1.54) is 0 Å². The molecule has 1 fully saturated rings. The van der Waals surface area contributed by atoms with Gasteiger partial charge >= 0.3 is 0 Å². The number of anilines is 2. The molecule has 7 heteroatoms. The molecule has 0 aliphatic heterocycles. The second kappa shape index (κ2) is 7.94. The molecule has 4 N–H and O–H groups in total. The smallest absolute Gasteiger partial charge is 0.270 e. The molecule has 7 nitrogen and oxygen atoms in total. The van der Waals surface area contributed by atoms with Crippen LogP contribution in [-0.4, -0.2) is 35.1 Å². The molecular formula is C18H23N5O2. The highest BCUT2D eigenvalue weighted by atomic mass is 16.5. The van der Waals surface area contributed by atoms with E-state index in [-0.39, 0.29) is 18.0 Å². The van der Waals surface area contributed by atoms with Gasteiger partial charge < -0.3 is 21.1 Å². The van der Waals surface area contributed by atoms with Gasteiger partial charge in [0, 0.05) is 30.0 Å². The van der Waals surface area contributed by atoms with Crippen LogP contribution in [0, 0.1) is 0 Å². The molecule has 1 saturated carbocycles. The van der Waals surface area contributed by atoms with Crippen LogP contribution in [0.4, 0.5) is 11.6 Å². The molecule has 1 aliphatic rings. The third kappa shape index (κ3) is 4.45. The molecule has 0 spiro atoms. The van der Waals surface area contributed by atoms with Gasteiger partial charge in [-0.2, -0.15) is 0 Å². The van der Waals surface area contributed by atoms with Crippen molar-refractivity contribution >= 4 is 17.5 Å². The Kier molecular flexibility index (Phi) is 5.45. The lowest BCUT2D eigenvalue weighted by Crippen LogP contribution is -2.49. The zero-order valence-corrected chi connectivity index (χ0v) is 14.2. The Bertz CT molecular complexity index is 737. The zero-order chi connectivity index (χ0) is 17.6. The first-order chi connectivity index (χ1) is 12.2. The van der Waals surface area contributed by atoms with Crippen LogP contribution in [-0.2, 0) is 0 Å². The van der Waals surface area contributed by atoms with Gasteiger partial charge in [-0.1, -0.05) is 18.9 Å². The van der Waals surface area contributed by atoms with E-state index in [9.17, 15) is 4.79 Å². The highest BCUT2D eigenvalue weighted by Crippen LogP contribution is 2.20. The maximum atomic E-state index is 12.5. The minimum Gasteiger partial charge on any atom is -0.497 e. The fraction of sp³-hybridized carbons (Fsp3) is 0.389. The van der Waals surface area contributed by atoms with Gasteiger partial charge in [0.2, 0.25) is 5.95 Å². The standard InChI is InChI=1S/C18H23N5O2/c1-25-13-6-4-5-12(11-13)21-18-20-10-9-16(23-18)17(24)22-15-8-3-2-7-14(15)19/h4-6,9-11,14-15H,2-3,7-8,19H2,1H3,(H,22,24)(H,20,21,23). The van der Waals surface area contributed by atoms with Gasteiger partial charge in [-0.3, -0.25) is 4.79 Å². The summed E-state index contributed by atoms with van der Waals surface area (Å²) < 4.78 is 5.19. The van der Waals surface area contributed by atoms with Crippen LogP contribution in [0.3, 0.4) is 0 Å². The van der Waals surface area contributed by atoms with Gasteiger partial charge in [0.05, 0.1) is 7.11 Å². The van der Waals surface area contributed by atoms with Crippen molar-refractivity contribution in [3.05, 3.63) is 42.2 Å². The number of amides is 1. The molecule has 2 aromatic rings. The Hall–Kier alpha value is -2.67. The van der Waals surface area contributed by atoms with Crippen LogP contribution in [0.1, 0.15) is 36.2 Å². The number of nitrogens with one attached hydrogen (secondary N) is 2. The third-order valence-electron chi connectivity index (χ3n) is 4.35. The van der Waals surface area contributed by atoms with Gasteiger partial charge in [0.15, 0.2) is 0 Å². The van der Waals surface area contributed by atoms with Gasteiger partial charge in [0.1, 0.15) is 11.4 Å². The lowest BCUT2D eigenvalue weighted by atomic mass is 9.91. The van der Waals surface area contributed by atoms with Crippen molar-refractivity contribution in [1.29, 1.82) is 0 Å². The molecule has 0 bridgehead atoms. The summed E-state index contributed by atoms with van der Waals surface area (Å²) in [5, 5.41) is 6.07. The molecule has 3 rings (SSSR count). The number of methoxy groups -OCH3 is 1. The Morgan fingerprint density at radius 2 is 2.12 bits per heavy atom. The molecule has 0 radical (unpaired) electrons. The van der Waals surface area contributed by atoms with Gasteiger partial charge in [0.25, 0.3) is 5.91 Å². The van der Waals surface area contributed by atoms with Crippen molar-refractivity contribution in [3.8, 4) is 5.75 Å². The number of nitrogens with zero attached hydrogens (tertiary/aromatic N) is 2. The normalized spacial score (nSPS) is 19.9. The number of carbonyl (C=O) groups is 1. The molecule has 1 aliphatic carbocycles. The Balaban J connectivity index is 1.69. The second-order valence-corrected chi connectivity index (χ2v) is 6.15. The first kappa shape index (κ1) is 17.2. The third-order valence-corrected chi connectivity index (χ3v) is 4.35. The predicted octanol–water partition coefficient (Wildman–Crippen LogP) is 2.23. The SMILES string of the molecule is COc1cccc(Nc2nccc(C(=O)NC3CCCCC3N)n2)c1. The Labute approximate surface area is 147 Å². The van der Waals surface area contributed by atoms with E-state index in [2.05, 4.69) is 20.6 Å². The van der Waals surface area contributed by atoms with E-state index in [0.717, 1.165) is 37.1 Å². The number of hydrogen-bond acceptors (Lipinski definition) is 6. The number of hydrogen-bond donors (Lipinski definition) is 3. The lowest BCUT2D eigenvalue weighted by molar-refractivity contribution is 0.0916. The number of carbonyl (C=O) groups excluding carboxylic acids is 1. The summed E-state index contributed by atoms with van der Waals surface area (Å²) in [6.45, 7) is 0. The summed E-state index contributed by atoms with van der Waals surface area (Å²) in [6, 6.07) is 9.03. The monoisotopic (exact) mass is 341 g/mol. The van der Waals surface area contributed by atoms with E-state index < -0.39 is 0 Å². The summed E-state index contributed by atoms with van der Waals surface area (Å²) in [7, 11) is 1.61. The van der Waals surface area contributed by atoms with Crippen LogP contribution >= 0.6 is 0 Å². The van der Waals surface area contributed by atoms with Crippen LogP contribution in [0.15, 0.2) is 36.5 Å². The molecular weight excluding hydrogens is 318 g/mol. The number of rotatable bonds is 5. The first-order valence-electron chi connectivity index (χ1n) is 8.46. The Morgan fingerprint density at radius 3 is 2.92 bits per heavy atom. The molecule has 0 saturated heterocycles. The molecule has 1 heterocycles. The average molecular weight is 341 g/mol. The molecule has 1 amide bonds. The summed E-state index contributed by atoms with van der Waals surface area (Å²) >= 11 is 0. The predicted molar refractivity (Wildman–Crippen MR) is 96.0 cm³/mol. The highest BCUT2D eigenvalue weighted by Gasteiger charge is 2.24.